The molecule has 0 radical (unpaired) electrons. The monoisotopic (exact) mass is 260 g/mol. The number of hydrogen-bond acceptors (Lipinski definition) is 2. The zero-order chi connectivity index (χ0) is 11.6. The SMILES string of the molecule is CCN(CC1CC1)C(=O)C1(CN)CCCC1.Cl. The van der Waals surface area contributed by atoms with Crippen molar-refractivity contribution >= 4 is 18.3 Å². The van der Waals surface area contributed by atoms with Crippen LogP contribution in [0.2, 0.25) is 0 Å². The van der Waals surface area contributed by atoms with Crippen LogP contribution >= 0.6 is 12.4 Å². The Bertz CT molecular complexity index is 260. The van der Waals surface area contributed by atoms with E-state index in [1.165, 1.54) is 25.7 Å². The van der Waals surface area contributed by atoms with Gasteiger partial charge in [0.15, 0.2) is 0 Å². The van der Waals surface area contributed by atoms with Crippen molar-refractivity contribution in [2.24, 2.45) is 17.1 Å². The van der Waals surface area contributed by atoms with Crippen LogP contribution in [0.4, 0.5) is 0 Å². The molecule has 0 spiro atoms. The molecule has 2 aliphatic rings. The smallest absolute Gasteiger partial charge is 0.230 e. The Morgan fingerprint density at radius 3 is 2.35 bits per heavy atom. The second-order valence-corrected chi connectivity index (χ2v) is 5.48. The van der Waals surface area contributed by atoms with Gasteiger partial charge in [-0.15, -0.1) is 12.4 Å². The van der Waals surface area contributed by atoms with Crippen LogP contribution < -0.4 is 5.73 Å². The number of nitrogens with zero attached hydrogens (tertiary/aromatic N) is 1. The number of halogens is 1. The molecule has 100 valence electrons. The fourth-order valence-electron chi connectivity index (χ4n) is 2.86. The van der Waals surface area contributed by atoms with Crippen molar-refractivity contribution in [3.63, 3.8) is 0 Å². The first kappa shape index (κ1) is 14.8. The van der Waals surface area contributed by atoms with E-state index in [1.54, 1.807) is 0 Å². The third-order valence-electron chi connectivity index (χ3n) is 4.25. The van der Waals surface area contributed by atoms with E-state index < -0.39 is 0 Å². The van der Waals surface area contributed by atoms with Gasteiger partial charge in [-0.25, -0.2) is 0 Å². The van der Waals surface area contributed by atoms with Crippen LogP contribution in [0, 0.1) is 11.3 Å². The molecule has 0 aromatic rings. The maximum atomic E-state index is 12.5. The first-order valence-electron chi connectivity index (χ1n) is 6.71. The summed E-state index contributed by atoms with van der Waals surface area (Å²) in [6.45, 7) is 4.43. The molecule has 0 aliphatic heterocycles. The molecule has 0 saturated heterocycles. The summed E-state index contributed by atoms with van der Waals surface area (Å²) in [6.07, 6.45) is 6.96. The summed E-state index contributed by atoms with van der Waals surface area (Å²) >= 11 is 0. The largest absolute Gasteiger partial charge is 0.342 e. The molecule has 2 N–H and O–H groups in total. The van der Waals surface area contributed by atoms with E-state index >= 15 is 0 Å². The number of rotatable bonds is 5. The van der Waals surface area contributed by atoms with Gasteiger partial charge in [-0.05, 0) is 38.5 Å². The number of nitrogens with two attached hydrogens (primary N) is 1. The van der Waals surface area contributed by atoms with E-state index in [2.05, 4.69) is 11.8 Å². The van der Waals surface area contributed by atoms with Crippen LogP contribution in [0.25, 0.3) is 0 Å². The lowest BCUT2D eigenvalue weighted by atomic mass is 9.84. The van der Waals surface area contributed by atoms with E-state index in [-0.39, 0.29) is 17.8 Å². The molecule has 0 atom stereocenters. The van der Waals surface area contributed by atoms with Gasteiger partial charge in [-0.3, -0.25) is 4.79 Å². The lowest BCUT2D eigenvalue weighted by molar-refractivity contribution is -0.141. The quantitative estimate of drug-likeness (QED) is 0.824. The van der Waals surface area contributed by atoms with Gasteiger partial charge >= 0.3 is 0 Å². The van der Waals surface area contributed by atoms with Crippen molar-refractivity contribution in [2.75, 3.05) is 19.6 Å². The average Bonchev–Trinajstić information content (AvgIpc) is 2.99. The van der Waals surface area contributed by atoms with Gasteiger partial charge in [0.05, 0.1) is 5.41 Å². The van der Waals surface area contributed by atoms with Crippen LogP contribution in [0.1, 0.15) is 45.4 Å². The van der Waals surface area contributed by atoms with E-state index in [4.69, 9.17) is 5.73 Å². The summed E-state index contributed by atoms with van der Waals surface area (Å²) in [4.78, 5) is 14.6. The molecule has 0 unspecified atom stereocenters. The second kappa shape index (κ2) is 6.05. The normalized spacial score (nSPS) is 22.0. The zero-order valence-electron chi connectivity index (χ0n) is 10.8. The minimum atomic E-state index is -0.203. The Hall–Kier alpha value is -0.280. The molecule has 17 heavy (non-hydrogen) atoms. The molecule has 0 aromatic heterocycles. The highest BCUT2D eigenvalue weighted by Gasteiger charge is 2.42. The molecule has 2 rings (SSSR count). The molecule has 2 fully saturated rings. The minimum absolute atomic E-state index is 0. The highest BCUT2D eigenvalue weighted by molar-refractivity contribution is 5.85. The number of amides is 1. The third kappa shape index (κ3) is 3.14. The topological polar surface area (TPSA) is 46.3 Å². The fourth-order valence-corrected chi connectivity index (χ4v) is 2.86. The van der Waals surface area contributed by atoms with Crippen LogP contribution in [-0.2, 0) is 4.79 Å². The molecule has 2 aliphatic carbocycles. The summed E-state index contributed by atoms with van der Waals surface area (Å²) < 4.78 is 0. The predicted octanol–water partition coefficient (Wildman–Crippen LogP) is 2.19. The molecule has 2 saturated carbocycles. The first-order chi connectivity index (χ1) is 7.72. The zero-order valence-corrected chi connectivity index (χ0v) is 11.6. The Morgan fingerprint density at radius 2 is 1.94 bits per heavy atom. The van der Waals surface area contributed by atoms with Crippen molar-refractivity contribution in [2.45, 2.75) is 45.4 Å². The molecule has 0 heterocycles. The minimum Gasteiger partial charge on any atom is -0.342 e. The molecular weight excluding hydrogens is 236 g/mol. The molecule has 1 amide bonds. The van der Waals surface area contributed by atoms with Crippen molar-refractivity contribution in [1.82, 2.24) is 4.90 Å². The van der Waals surface area contributed by atoms with Crippen molar-refractivity contribution in [1.29, 1.82) is 0 Å². The van der Waals surface area contributed by atoms with Crippen molar-refractivity contribution in [3.05, 3.63) is 0 Å². The Morgan fingerprint density at radius 1 is 1.35 bits per heavy atom. The summed E-state index contributed by atoms with van der Waals surface area (Å²) in [6, 6.07) is 0. The maximum absolute atomic E-state index is 12.5. The molecular formula is C13H25ClN2O. The lowest BCUT2D eigenvalue weighted by Gasteiger charge is -2.33. The van der Waals surface area contributed by atoms with E-state index in [0.717, 1.165) is 31.8 Å². The summed E-state index contributed by atoms with van der Waals surface area (Å²) in [5, 5.41) is 0. The highest BCUT2D eigenvalue weighted by Crippen LogP contribution is 2.40. The lowest BCUT2D eigenvalue weighted by Crippen LogP contribution is -2.47. The van der Waals surface area contributed by atoms with E-state index in [9.17, 15) is 4.79 Å². The maximum Gasteiger partial charge on any atom is 0.230 e. The van der Waals surface area contributed by atoms with Gasteiger partial charge in [0.2, 0.25) is 5.91 Å². The number of carbonyl (C=O) groups excluding carboxylic acids is 1. The van der Waals surface area contributed by atoms with Gasteiger partial charge in [0.1, 0.15) is 0 Å². The second-order valence-electron chi connectivity index (χ2n) is 5.48. The van der Waals surface area contributed by atoms with Gasteiger partial charge < -0.3 is 10.6 Å². The standard InChI is InChI=1S/C13H24N2O.ClH/c1-2-15(9-11-5-6-11)12(16)13(10-14)7-3-4-8-13;/h11H,2-10,14H2,1H3;1H. The number of carbonyl (C=O) groups is 1. The Kier molecular flexibility index (Phi) is 5.26. The predicted molar refractivity (Wildman–Crippen MR) is 72.2 cm³/mol. The third-order valence-corrected chi connectivity index (χ3v) is 4.25. The summed E-state index contributed by atoms with van der Waals surface area (Å²) in [7, 11) is 0. The van der Waals surface area contributed by atoms with Crippen LogP contribution in [0.15, 0.2) is 0 Å². The van der Waals surface area contributed by atoms with Gasteiger partial charge in [0, 0.05) is 19.6 Å². The van der Waals surface area contributed by atoms with Gasteiger partial charge in [-0.1, -0.05) is 12.8 Å². The molecule has 3 nitrogen and oxygen atoms in total. The van der Waals surface area contributed by atoms with E-state index in [0.29, 0.717) is 12.5 Å². The van der Waals surface area contributed by atoms with Crippen molar-refractivity contribution < 1.29 is 4.79 Å². The van der Waals surface area contributed by atoms with Gasteiger partial charge in [-0.2, -0.15) is 0 Å². The van der Waals surface area contributed by atoms with Gasteiger partial charge in [0.25, 0.3) is 0 Å². The molecule has 0 aromatic carbocycles. The fraction of sp³-hybridized carbons (Fsp3) is 0.923. The van der Waals surface area contributed by atoms with E-state index in [1.807, 2.05) is 0 Å². The Balaban J connectivity index is 0.00000144. The Labute approximate surface area is 111 Å². The highest BCUT2D eigenvalue weighted by atomic mass is 35.5. The molecule has 4 heteroatoms. The van der Waals surface area contributed by atoms with Crippen LogP contribution in [0.3, 0.4) is 0 Å². The number of hydrogen-bond donors (Lipinski definition) is 1. The summed E-state index contributed by atoms with van der Waals surface area (Å²) in [5.41, 5.74) is 5.66. The van der Waals surface area contributed by atoms with Crippen LogP contribution in [-0.4, -0.2) is 30.4 Å². The van der Waals surface area contributed by atoms with Crippen molar-refractivity contribution in [3.8, 4) is 0 Å². The first-order valence-corrected chi connectivity index (χ1v) is 6.71. The average molecular weight is 261 g/mol. The molecule has 0 bridgehead atoms. The summed E-state index contributed by atoms with van der Waals surface area (Å²) in [5.74, 6) is 1.11. The van der Waals surface area contributed by atoms with Crippen LogP contribution in [0.5, 0.6) is 0 Å².